The lowest BCUT2D eigenvalue weighted by Gasteiger charge is -2.37. The zero-order valence-corrected chi connectivity index (χ0v) is 13.2. The minimum absolute atomic E-state index is 0.115. The molecule has 1 N–H and O–H groups in total. The van der Waals surface area contributed by atoms with Crippen LogP contribution < -0.4 is 5.30 Å². The van der Waals surface area contributed by atoms with Crippen LogP contribution in [0.15, 0.2) is 24.3 Å². The van der Waals surface area contributed by atoms with Crippen molar-refractivity contribution in [3.63, 3.8) is 0 Å². The van der Waals surface area contributed by atoms with Crippen LogP contribution >= 0.6 is 7.44 Å². The van der Waals surface area contributed by atoms with E-state index in [1.165, 1.54) is 0 Å². The van der Waals surface area contributed by atoms with Gasteiger partial charge in [0.05, 0.1) is 5.30 Å². The number of rotatable bonds is 7. The quantitative estimate of drug-likeness (QED) is 0.782. The third-order valence-electron chi connectivity index (χ3n) is 3.42. The van der Waals surface area contributed by atoms with Crippen LogP contribution in [0.1, 0.15) is 27.7 Å². The summed E-state index contributed by atoms with van der Waals surface area (Å²) in [4.78, 5) is 0. The monoisotopic (exact) mass is 284 g/mol. The fourth-order valence-corrected chi connectivity index (χ4v) is 5.56. The van der Waals surface area contributed by atoms with Crippen LogP contribution in [0.25, 0.3) is 0 Å². The van der Waals surface area contributed by atoms with Gasteiger partial charge in [0, 0.05) is 26.2 Å². The van der Waals surface area contributed by atoms with Crippen LogP contribution in [0.5, 0.6) is 5.75 Å². The van der Waals surface area contributed by atoms with Gasteiger partial charge in [-0.1, -0.05) is 39.8 Å². The van der Waals surface area contributed by atoms with Crippen molar-refractivity contribution in [1.82, 2.24) is 9.34 Å². The number of aromatic hydroxyl groups is 1. The molecule has 0 bridgehead atoms. The van der Waals surface area contributed by atoms with Gasteiger partial charge in [0.1, 0.15) is 5.75 Å². The second-order valence-corrected chi connectivity index (χ2v) is 7.01. The minimum atomic E-state index is -2.91. The molecule has 5 heteroatoms. The van der Waals surface area contributed by atoms with Crippen LogP contribution in [-0.4, -0.2) is 40.6 Å². The van der Waals surface area contributed by atoms with Gasteiger partial charge in [0.15, 0.2) is 0 Å². The van der Waals surface area contributed by atoms with Gasteiger partial charge in [0.25, 0.3) is 0 Å². The molecule has 0 saturated heterocycles. The van der Waals surface area contributed by atoms with E-state index in [0.717, 1.165) is 0 Å². The summed E-state index contributed by atoms with van der Waals surface area (Å²) in [5, 5.41) is 10.6. The Hall–Kier alpha value is -0.830. The van der Waals surface area contributed by atoms with Crippen LogP contribution in [0, 0.1) is 0 Å². The van der Waals surface area contributed by atoms with E-state index in [-0.39, 0.29) is 5.75 Å². The predicted molar refractivity (Wildman–Crippen MR) is 81.2 cm³/mol. The SMILES string of the molecule is CCN(CC)P(=O)(c1ccccc1O)N(CC)CC. The van der Waals surface area contributed by atoms with Crippen molar-refractivity contribution in [1.29, 1.82) is 0 Å². The van der Waals surface area contributed by atoms with Crippen molar-refractivity contribution in [2.24, 2.45) is 0 Å². The Balaban J connectivity index is 3.43. The van der Waals surface area contributed by atoms with Crippen LogP contribution in [0.4, 0.5) is 0 Å². The largest absolute Gasteiger partial charge is 0.507 e. The van der Waals surface area contributed by atoms with Crippen molar-refractivity contribution < 1.29 is 9.67 Å². The molecule has 0 atom stereocenters. The summed E-state index contributed by atoms with van der Waals surface area (Å²) in [6.07, 6.45) is 0. The van der Waals surface area contributed by atoms with E-state index in [2.05, 4.69) is 0 Å². The molecular weight excluding hydrogens is 259 g/mol. The summed E-state index contributed by atoms with van der Waals surface area (Å²) in [5.74, 6) is 0.115. The third kappa shape index (κ3) is 3.02. The summed E-state index contributed by atoms with van der Waals surface area (Å²) in [6.45, 7) is 10.8. The molecule has 0 aliphatic rings. The lowest BCUT2D eigenvalue weighted by atomic mass is 10.3. The maximum absolute atomic E-state index is 13.7. The Morgan fingerprint density at radius 1 is 0.947 bits per heavy atom. The van der Waals surface area contributed by atoms with E-state index in [1.807, 2.05) is 43.1 Å². The number of hydrogen-bond donors (Lipinski definition) is 1. The van der Waals surface area contributed by atoms with Crippen molar-refractivity contribution in [3.8, 4) is 5.75 Å². The van der Waals surface area contributed by atoms with E-state index in [1.54, 1.807) is 18.2 Å². The van der Waals surface area contributed by atoms with Gasteiger partial charge in [-0.15, -0.1) is 0 Å². The number of phenolic OH excluding ortho intramolecular Hbond substituents is 1. The maximum atomic E-state index is 13.7. The Morgan fingerprint density at radius 2 is 1.37 bits per heavy atom. The Kier molecular flexibility index (Phi) is 6.05. The predicted octanol–water partition coefficient (Wildman–Crippen LogP) is 2.89. The van der Waals surface area contributed by atoms with Gasteiger partial charge >= 0.3 is 0 Å². The number of hydrogen-bond acceptors (Lipinski definition) is 2. The summed E-state index contributed by atoms with van der Waals surface area (Å²) in [7, 11) is -2.91. The highest BCUT2D eigenvalue weighted by Crippen LogP contribution is 2.53. The summed E-state index contributed by atoms with van der Waals surface area (Å²) in [5.41, 5.74) is 0. The number of nitrogens with zero attached hydrogens (tertiary/aromatic N) is 2. The first-order valence-electron chi connectivity index (χ1n) is 6.95. The second kappa shape index (κ2) is 7.09. The van der Waals surface area contributed by atoms with Gasteiger partial charge in [0.2, 0.25) is 7.44 Å². The lowest BCUT2D eigenvalue weighted by molar-refractivity contribution is 0.367. The molecule has 1 aromatic rings. The molecule has 0 amide bonds. The summed E-state index contributed by atoms with van der Waals surface area (Å²) < 4.78 is 17.6. The number of phenols is 1. The van der Waals surface area contributed by atoms with Gasteiger partial charge in [-0.05, 0) is 12.1 Å². The molecule has 19 heavy (non-hydrogen) atoms. The topological polar surface area (TPSA) is 43.8 Å². The van der Waals surface area contributed by atoms with Gasteiger partial charge in [-0.2, -0.15) is 0 Å². The van der Waals surface area contributed by atoms with Crippen molar-refractivity contribution in [2.75, 3.05) is 26.2 Å². The molecule has 0 fully saturated rings. The van der Waals surface area contributed by atoms with Crippen LogP contribution in [0.2, 0.25) is 0 Å². The molecule has 1 aromatic carbocycles. The Labute approximate surface area is 116 Å². The molecule has 0 aliphatic carbocycles. The van der Waals surface area contributed by atoms with E-state index in [0.29, 0.717) is 31.5 Å². The third-order valence-corrected chi connectivity index (χ3v) is 7.09. The molecule has 0 saturated carbocycles. The van der Waals surface area contributed by atoms with Crippen LogP contribution in [-0.2, 0) is 4.57 Å². The fraction of sp³-hybridized carbons (Fsp3) is 0.571. The van der Waals surface area contributed by atoms with Gasteiger partial charge < -0.3 is 5.11 Å². The van der Waals surface area contributed by atoms with E-state index in [9.17, 15) is 9.67 Å². The van der Waals surface area contributed by atoms with Gasteiger partial charge in [-0.25, -0.2) is 9.34 Å². The lowest BCUT2D eigenvalue weighted by Crippen LogP contribution is -2.37. The normalized spacial score (nSPS) is 12.3. The Bertz CT molecular complexity index is 427. The molecule has 0 heterocycles. The van der Waals surface area contributed by atoms with E-state index in [4.69, 9.17) is 0 Å². The fourth-order valence-electron chi connectivity index (χ4n) is 2.41. The van der Waals surface area contributed by atoms with Crippen LogP contribution in [0.3, 0.4) is 0 Å². The molecule has 0 radical (unpaired) electrons. The van der Waals surface area contributed by atoms with Crippen molar-refractivity contribution in [3.05, 3.63) is 24.3 Å². The molecule has 0 unspecified atom stereocenters. The standard InChI is InChI=1S/C14H25N2O2P/c1-5-15(6-2)19(18,16(7-3)8-4)14-12-10-9-11-13(14)17/h9-12,17H,5-8H2,1-4H3. The van der Waals surface area contributed by atoms with E-state index < -0.39 is 7.44 Å². The molecule has 0 spiro atoms. The molecular formula is C14H25N2O2P. The zero-order chi connectivity index (χ0) is 14.5. The molecule has 108 valence electrons. The molecule has 0 aromatic heterocycles. The smallest absolute Gasteiger partial charge is 0.249 e. The Morgan fingerprint density at radius 3 is 1.74 bits per heavy atom. The highest BCUT2D eigenvalue weighted by molar-refractivity contribution is 7.67. The first-order chi connectivity index (χ1) is 9.05. The molecule has 0 aliphatic heterocycles. The highest BCUT2D eigenvalue weighted by atomic mass is 31.2. The maximum Gasteiger partial charge on any atom is 0.249 e. The molecule has 1 rings (SSSR count). The van der Waals surface area contributed by atoms with E-state index >= 15 is 0 Å². The summed E-state index contributed by atoms with van der Waals surface area (Å²) in [6, 6.07) is 6.96. The van der Waals surface area contributed by atoms with Crippen molar-refractivity contribution in [2.45, 2.75) is 27.7 Å². The average molecular weight is 284 g/mol. The first kappa shape index (κ1) is 16.2. The second-order valence-electron chi connectivity index (χ2n) is 4.31. The zero-order valence-electron chi connectivity index (χ0n) is 12.3. The minimum Gasteiger partial charge on any atom is -0.507 e. The van der Waals surface area contributed by atoms with Gasteiger partial charge in [-0.3, -0.25) is 4.57 Å². The van der Waals surface area contributed by atoms with Crippen molar-refractivity contribution >= 4 is 12.7 Å². The first-order valence-corrected chi connectivity index (χ1v) is 8.56. The number of benzene rings is 1. The number of para-hydroxylation sites is 1. The average Bonchev–Trinajstić information content (AvgIpc) is 2.41. The highest BCUT2D eigenvalue weighted by Gasteiger charge is 2.37. The molecule has 4 nitrogen and oxygen atoms in total. The summed E-state index contributed by atoms with van der Waals surface area (Å²) >= 11 is 0.